The molecule has 5 heteroatoms. The number of nitrogens with one attached hydrogen (secondary N) is 1. The van der Waals surface area contributed by atoms with Gasteiger partial charge in [-0.25, -0.2) is 0 Å². The number of alkyl halides is 2. The van der Waals surface area contributed by atoms with Crippen molar-refractivity contribution in [3.63, 3.8) is 0 Å². The number of halogens is 2. The van der Waals surface area contributed by atoms with E-state index >= 15 is 0 Å². The highest BCUT2D eigenvalue weighted by atomic mass is 19.3. The first-order valence-electron chi connectivity index (χ1n) is 4.79. The van der Waals surface area contributed by atoms with Crippen LogP contribution in [0.3, 0.4) is 0 Å². The molecular formula is C9H17F2NO2. The van der Waals surface area contributed by atoms with E-state index < -0.39 is 12.0 Å². The topological polar surface area (TPSA) is 49.3 Å². The summed E-state index contributed by atoms with van der Waals surface area (Å²) in [6.45, 7) is 3.67. The number of carbonyl (C=O) groups excluding carboxylic acids is 1. The Morgan fingerprint density at radius 2 is 2.07 bits per heavy atom. The molecule has 1 amide bonds. The molecule has 0 aliphatic rings. The maximum absolute atomic E-state index is 12.0. The summed E-state index contributed by atoms with van der Waals surface area (Å²) >= 11 is 0. The van der Waals surface area contributed by atoms with Crippen LogP contribution in [0.4, 0.5) is 8.78 Å². The van der Waals surface area contributed by atoms with E-state index in [4.69, 9.17) is 5.11 Å². The average Bonchev–Trinajstić information content (AvgIpc) is 2.03. The largest absolute Gasteiger partial charge is 0.434 e. The average molecular weight is 209 g/mol. The van der Waals surface area contributed by atoms with Crippen molar-refractivity contribution < 1.29 is 18.7 Å². The van der Waals surface area contributed by atoms with Crippen molar-refractivity contribution in [1.82, 2.24) is 5.32 Å². The molecule has 0 radical (unpaired) electrons. The second kappa shape index (κ2) is 5.90. The summed E-state index contributed by atoms with van der Waals surface area (Å²) in [5, 5.41) is 10.1. The number of aliphatic hydroxyl groups is 1. The van der Waals surface area contributed by atoms with Crippen LogP contribution in [0.15, 0.2) is 0 Å². The molecule has 0 rings (SSSR count). The molecule has 0 saturated carbocycles. The van der Waals surface area contributed by atoms with Crippen LogP contribution in [0.2, 0.25) is 0 Å². The summed E-state index contributed by atoms with van der Waals surface area (Å²) in [5.74, 6) is -1.62. The van der Waals surface area contributed by atoms with E-state index in [-0.39, 0.29) is 6.04 Å². The molecule has 0 bridgehead atoms. The van der Waals surface area contributed by atoms with Crippen molar-refractivity contribution in [1.29, 1.82) is 0 Å². The molecule has 0 heterocycles. The highest BCUT2D eigenvalue weighted by Crippen LogP contribution is 2.09. The number of hydrogen-bond donors (Lipinski definition) is 2. The van der Waals surface area contributed by atoms with Crippen LogP contribution in [-0.4, -0.2) is 23.2 Å². The third-order valence-electron chi connectivity index (χ3n) is 1.89. The Labute approximate surface area is 82.5 Å². The van der Waals surface area contributed by atoms with E-state index in [9.17, 15) is 13.6 Å². The first kappa shape index (κ1) is 13.3. The van der Waals surface area contributed by atoms with Gasteiger partial charge in [-0.1, -0.05) is 26.2 Å². The van der Waals surface area contributed by atoms with Crippen molar-refractivity contribution in [2.45, 2.75) is 51.7 Å². The summed E-state index contributed by atoms with van der Waals surface area (Å²) in [6, 6.07) is -0.327. The van der Waals surface area contributed by atoms with Gasteiger partial charge in [0.05, 0.1) is 0 Å². The Balaban J connectivity index is 3.72. The lowest BCUT2D eigenvalue weighted by molar-refractivity contribution is -0.205. The summed E-state index contributed by atoms with van der Waals surface area (Å²) < 4.78 is 24.0. The summed E-state index contributed by atoms with van der Waals surface area (Å²) in [6.07, 6.45) is -0.684. The molecule has 1 atom stereocenters. The van der Waals surface area contributed by atoms with Gasteiger partial charge in [0.25, 0.3) is 0 Å². The van der Waals surface area contributed by atoms with Crippen molar-refractivity contribution in [3.8, 4) is 0 Å². The molecule has 3 nitrogen and oxygen atoms in total. The minimum Gasteiger partial charge on any atom is -0.346 e. The van der Waals surface area contributed by atoms with Crippen LogP contribution in [0.1, 0.15) is 39.5 Å². The maximum atomic E-state index is 12.0. The summed E-state index contributed by atoms with van der Waals surface area (Å²) in [7, 11) is 0. The van der Waals surface area contributed by atoms with Crippen molar-refractivity contribution in [3.05, 3.63) is 0 Å². The second-order valence-corrected chi connectivity index (χ2v) is 3.41. The molecule has 0 aromatic rings. The van der Waals surface area contributed by atoms with Gasteiger partial charge in [0.2, 0.25) is 0 Å². The van der Waals surface area contributed by atoms with Gasteiger partial charge in [-0.3, -0.25) is 4.79 Å². The zero-order valence-corrected chi connectivity index (χ0v) is 8.52. The van der Waals surface area contributed by atoms with Gasteiger partial charge in [0, 0.05) is 6.04 Å². The predicted octanol–water partition coefficient (Wildman–Crippen LogP) is 1.66. The predicted molar refractivity (Wildman–Crippen MR) is 48.9 cm³/mol. The molecule has 0 spiro atoms. The Hall–Kier alpha value is -0.710. The van der Waals surface area contributed by atoms with Gasteiger partial charge in [-0.05, 0) is 13.3 Å². The Kier molecular flexibility index (Phi) is 5.60. The van der Waals surface area contributed by atoms with Crippen LogP contribution >= 0.6 is 0 Å². The quantitative estimate of drug-likeness (QED) is 0.653. The first-order chi connectivity index (χ1) is 6.38. The number of rotatable bonds is 6. The lowest BCUT2D eigenvalue weighted by Gasteiger charge is -2.15. The van der Waals surface area contributed by atoms with E-state index in [0.717, 1.165) is 19.3 Å². The lowest BCUT2D eigenvalue weighted by Crippen LogP contribution is -2.44. The fourth-order valence-electron chi connectivity index (χ4n) is 1.08. The van der Waals surface area contributed by atoms with Crippen LogP contribution < -0.4 is 5.32 Å². The number of unbranched alkanes of at least 4 members (excludes halogenated alkanes) is 2. The molecule has 0 aliphatic heterocycles. The zero-order valence-electron chi connectivity index (χ0n) is 8.52. The van der Waals surface area contributed by atoms with E-state index in [1.165, 1.54) is 0 Å². The van der Waals surface area contributed by atoms with E-state index in [0.29, 0.717) is 6.42 Å². The van der Waals surface area contributed by atoms with Crippen LogP contribution in [0.5, 0.6) is 0 Å². The molecule has 14 heavy (non-hydrogen) atoms. The van der Waals surface area contributed by atoms with Gasteiger partial charge in [0.1, 0.15) is 0 Å². The molecule has 1 unspecified atom stereocenters. The second-order valence-electron chi connectivity index (χ2n) is 3.41. The minimum atomic E-state index is -4.26. The molecule has 0 aromatic carbocycles. The Morgan fingerprint density at radius 1 is 1.50 bits per heavy atom. The van der Waals surface area contributed by atoms with Gasteiger partial charge in [-0.2, -0.15) is 8.78 Å². The van der Waals surface area contributed by atoms with E-state index in [2.05, 4.69) is 0 Å². The fourth-order valence-corrected chi connectivity index (χ4v) is 1.08. The van der Waals surface area contributed by atoms with Gasteiger partial charge in [-0.15, -0.1) is 0 Å². The van der Waals surface area contributed by atoms with Crippen molar-refractivity contribution >= 4 is 5.91 Å². The van der Waals surface area contributed by atoms with E-state index in [1.54, 1.807) is 6.92 Å². The molecular weight excluding hydrogens is 192 g/mol. The van der Waals surface area contributed by atoms with Gasteiger partial charge < -0.3 is 10.4 Å². The van der Waals surface area contributed by atoms with Gasteiger partial charge in [0.15, 0.2) is 0 Å². The summed E-state index contributed by atoms with van der Waals surface area (Å²) in [4.78, 5) is 10.6. The number of hydrogen-bond acceptors (Lipinski definition) is 2. The number of amides is 1. The highest BCUT2D eigenvalue weighted by molar-refractivity contribution is 5.81. The third kappa shape index (κ3) is 5.85. The standard InChI is InChI=1S/C9H17F2NO2/c1-3-4-5-6-7(2)12-8(13)9(10,11)14/h7,14H,3-6H2,1-2H3,(H,12,13). The Morgan fingerprint density at radius 3 is 2.50 bits per heavy atom. The van der Waals surface area contributed by atoms with Crippen LogP contribution in [0.25, 0.3) is 0 Å². The third-order valence-corrected chi connectivity index (χ3v) is 1.89. The molecule has 0 saturated heterocycles. The monoisotopic (exact) mass is 209 g/mol. The smallest absolute Gasteiger partial charge is 0.346 e. The maximum Gasteiger partial charge on any atom is 0.434 e. The molecule has 0 aromatic heterocycles. The molecule has 84 valence electrons. The van der Waals surface area contributed by atoms with Crippen LogP contribution in [-0.2, 0) is 4.79 Å². The van der Waals surface area contributed by atoms with Crippen LogP contribution in [0, 0.1) is 0 Å². The SMILES string of the molecule is CCCCCC(C)NC(=O)C(O)(F)F. The first-order valence-corrected chi connectivity index (χ1v) is 4.79. The van der Waals surface area contributed by atoms with Crippen molar-refractivity contribution in [2.75, 3.05) is 0 Å². The Bertz CT molecular complexity index is 180. The molecule has 2 N–H and O–H groups in total. The normalized spacial score (nSPS) is 13.8. The van der Waals surface area contributed by atoms with E-state index in [1.807, 2.05) is 12.2 Å². The molecule has 0 aliphatic carbocycles. The van der Waals surface area contributed by atoms with Crippen molar-refractivity contribution in [2.24, 2.45) is 0 Å². The lowest BCUT2D eigenvalue weighted by atomic mass is 10.1. The minimum absolute atomic E-state index is 0.327. The molecule has 0 fully saturated rings. The highest BCUT2D eigenvalue weighted by Gasteiger charge is 2.36. The van der Waals surface area contributed by atoms with Gasteiger partial charge >= 0.3 is 12.0 Å². The summed E-state index contributed by atoms with van der Waals surface area (Å²) in [5.41, 5.74) is 0. The number of carbonyl (C=O) groups is 1. The zero-order chi connectivity index (χ0) is 11.2. The fraction of sp³-hybridized carbons (Fsp3) is 0.889.